The van der Waals surface area contributed by atoms with E-state index in [9.17, 15) is 14.9 Å². The molecule has 0 bridgehead atoms. The van der Waals surface area contributed by atoms with Crippen molar-refractivity contribution in [3.8, 4) is 6.07 Å². The number of ketones is 1. The molecule has 0 aromatic heterocycles. The predicted octanol–water partition coefficient (Wildman–Crippen LogP) is 3.67. The predicted molar refractivity (Wildman–Crippen MR) is 82.4 cm³/mol. The molecule has 2 aromatic carbocycles. The molecule has 0 aliphatic heterocycles. The molecule has 0 atom stereocenters. The molecule has 0 heterocycles. The lowest BCUT2D eigenvalue weighted by Crippen LogP contribution is -1.98. The summed E-state index contributed by atoms with van der Waals surface area (Å²) < 4.78 is 0. The molecule has 5 heteroatoms. The number of allylic oxidation sites excluding steroid dienone is 1. The molecule has 0 radical (unpaired) electrons. The van der Waals surface area contributed by atoms with E-state index in [2.05, 4.69) is 0 Å². The Morgan fingerprint density at radius 1 is 1.23 bits per heavy atom. The topological polar surface area (TPSA) is 84.0 Å². The van der Waals surface area contributed by atoms with E-state index in [4.69, 9.17) is 5.26 Å². The molecule has 2 rings (SSSR count). The maximum atomic E-state index is 12.1. The Balaban J connectivity index is 2.21. The molecule has 0 N–H and O–H groups in total. The van der Waals surface area contributed by atoms with Crippen LogP contribution in [0.1, 0.15) is 27.0 Å². The summed E-state index contributed by atoms with van der Waals surface area (Å²) in [6, 6.07) is 13.2. The van der Waals surface area contributed by atoms with E-state index in [1.54, 1.807) is 49.4 Å². The molecule has 2 aromatic rings. The van der Waals surface area contributed by atoms with E-state index in [0.717, 1.165) is 5.56 Å². The zero-order valence-electron chi connectivity index (χ0n) is 11.8. The molecule has 0 saturated carbocycles. The van der Waals surface area contributed by atoms with Gasteiger partial charge in [0, 0.05) is 17.2 Å². The van der Waals surface area contributed by atoms with Crippen molar-refractivity contribution in [2.24, 2.45) is 0 Å². The summed E-state index contributed by atoms with van der Waals surface area (Å²) in [7, 11) is 0. The van der Waals surface area contributed by atoms with Gasteiger partial charge in [-0.2, -0.15) is 5.26 Å². The molecular weight excluding hydrogens is 280 g/mol. The average Bonchev–Trinajstić information content (AvgIpc) is 2.53. The van der Waals surface area contributed by atoms with Gasteiger partial charge < -0.3 is 0 Å². The second-order valence-electron chi connectivity index (χ2n) is 4.69. The van der Waals surface area contributed by atoms with E-state index < -0.39 is 4.92 Å². The molecule has 0 saturated heterocycles. The summed E-state index contributed by atoms with van der Waals surface area (Å²) in [5, 5.41) is 19.6. The van der Waals surface area contributed by atoms with E-state index in [1.807, 2.05) is 6.07 Å². The average molecular weight is 292 g/mol. The number of benzene rings is 2. The molecule has 5 nitrogen and oxygen atoms in total. The zero-order valence-corrected chi connectivity index (χ0v) is 11.8. The van der Waals surface area contributed by atoms with Gasteiger partial charge in [0.05, 0.1) is 16.6 Å². The van der Waals surface area contributed by atoms with Gasteiger partial charge in [0.15, 0.2) is 5.78 Å². The number of nitrogens with zero attached hydrogens (tertiary/aromatic N) is 2. The van der Waals surface area contributed by atoms with E-state index in [-0.39, 0.29) is 17.0 Å². The van der Waals surface area contributed by atoms with Crippen LogP contribution in [0.4, 0.5) is 5.69 Å². The van der Waals surface area contributed by atoms with E-state index >= 15 is 0 Å². The molecule has 0 fully saturated rings. The van der Waals surface area contributed by atoms with Crippen molar-refractivity contribution >= 4 is 17.5 Å². The van der Waals surface area contributed by atoms with Gasteiger partial charge in [0.25, 0.3) is 5.69 Å². The quantitative estimate of drug-likeness (QED) is 0.372. The Morgan fingerprint density at radius 2 is 1.91 bits per heavy atom. The Kier molecular flexibility index (Phi) is 4.44. The van der Waals surface area contributed by atoms with Crippen LogP contribution >= 0.6 is 0 Å². The van der Waals surface area contributed by atoms with Crippen molar-refractivity contribution < 1.29 is 9.72 Å². The third kappa shape index (κ3) is 3.44. The molecule has 0 spiro atoms. The minimum atomic E-state index is -0.504. The second-order valence-corrected chi connectivity index (χ2v) is 4.69. The van der Waals surface area contributed by atoms with Crippen LogP contribution in [0.15, 0.2) is 48.5 Å². The van der Waals surface area contributed by atoms with E-state index in [0.29, 0.717) is 11.1 Å². The summed E-state index contributed by atoms with van der Waals surface area (Å²) in [4.78, 5) is 22.4. The van der Waals surface area contributed by atoms with Gasteiger partial charge in [-0.3, -0.25) is 14.9 Å². The highest BCUT2D eigenvalue weighted by molar-refractivity contribution is 6.07. The number of carbonyl (C=O) groups is 1. The van der Waals surface area contributed by atoms with Gasteiger partial charge >= 0.3 is 0 Å². The van der Waals surface area contributed by atoms with Gasteiger partial charge in [-0.15, -0.1) is 0 Å². The van der Waals surface area contributed by atoms with Crippen molar-refractivity contribution in [3.05, 3.63) is 80.9 Å². The molecule has 0 amide bonds. The molecule has 22 heavy (non-hydrogen) atoms. The number of carbonyl (C=O) groups excluding carboxylic acids is 1. The van der Waals surface area contributed by atoms with Crippen LogP contribution in [0.2, 0.25) is 0 Å². The van der Waals surface area contributed by atoms with Gasteiger partial charge in [-0.25, -0.2) is 0 Å². The highest BCUT2D eigenvalue weighted by atomic mass is 16.6. The molecular formula is C17H12N2O3. The third-order valence-electron chi connectivity index (χ3n) is 3.16. The first-order chi connectivity index (χ1) is 10.5. The highest BCUT2D eigenvalue weighted by Crippen LogP contribution is 2.20. The fourth-order valence-electron chi connectivity index (χ4n) is 1.90. The van der Waals surface area contributed by atoms with Crippen LogP contribution in [-0.2, 0) is 0 Å². The van der Waals surface area contributed by atoms with Crippen molar-refractivity contribution in [3.63, 3.8) is 0 Å². The summed E-state index contributed by atoms with van der Waals surface area (Å²) in [6.07, 6.45) is 2.96. The van der Waals surface area contributed by atoms with Crippen molar-refractivity contribution in [2.75, 3.05) is 0 Å². The minimum Gasteiger partial charge on any atom is -0.289 e. The zero-order chi connectivity index (χ0) is 16.1. The van der Waals surface area contributed by atoms with Gasteiger partial charge in [0.2, 0.25) is 0 Å². The highest BCUT2D eigenvalue weighted by Gasteiger charge is 2.13. The van der Waals surface area contributed by atoms with E-state index in [1.165, 1.54) is 12.1 Å². The maximum Gasteiger partial charge on any atom is 0.273 e. The number of nitriles is 1. The van der Waals surface area contributed by atoms with Crippen LogP contribution in [-0.4, -0.2) is 10.7 Å². The summed E-state index contributed by atoms with van der Waals surface area (Å²) in [5.74, 6) is -0.313. The van der Waals surface area contributed by atoms with Crippen molar-refractivity contribution in [2.45, 2.75) is 6.92 Å². The Morgan fingerprint density at radius 3 is 2.50 bits per heavy atom. The first-order valence-electron chi connectivity index (χ1n) is 6.49. The van der Waals surface area contributed by atoms with Gasteiger partial charge in [-0.1, -0.05) is 30.3 Å². The third-order valence-corrected chi connectivity index (χ3v) is 3.16. The summed E-state index contributed by atoms with van der Waals surface area (Å²) >= 11 is 0. The fraction of sp³-hybridized carbons (Fsp3) is 0.0588. The lowest BCUT2D eigenvalue weighted by molar-refractivity contribution is -0.385. The lowest BCUT2D eigenvalue weighted by Gasteiger charge is -2.00. The van der Waals surface area contributed by atoms with Crippen molar-refractivity contribution in [1.82, 2.24) is 0 Å². The monoisotopic (exact) mass is 292 g/mol. The molecule has 0 aliphatic carbocycles. The minimum absolute atomic E-state index is 0.0716. The van der Waals surface area contributed by atoms with Crippen LogP contribution in [0.25, 0.3) is 6.08 Å². The van der Waals surface area contributed by atoms with Crippen LogP contribution < -0.4 is 0 Å². The Hall–Kier alpha value is -3.26. The Bertz CT molecular complexity index is 800. The lowest BCUT2D eigenvalue weighted by atomic mass is 10.1. The number of aryl methyl sites for hydroxylation is 1. The smallest absolute Gasteiger partial charge is 0.273 e. The number of hydrogen-bond acceptors (Lipinski definition) is 4. The van der Waals surface area contributed by atoms with Crippen LogP contribution in [0, 0.1) is 28.4 Å². The number of nitro benzene ring substituents is 1. The Labute approximate surface area is 127 Å². The molecule has 0 aliphatic rings. The second kappa shape index (κ2) is 6.46. The van der Waals surface area contributed by atoms with Gasteiger partial charge in [-0.05, 0) is 30.7 Å². The van der Waals surface area contributed by atoms with Gasteiger partial charge in [0.1, 0.15) is 0 Å². The molecule has 0 unspecified atom stereocenters. The number of rotatable bonds is 4. The SMILES string of the molecule is Cc1ccc(C(=O)/C=C/c2ccc(C#N)cc2)cc1[N+](=O)[O-]. The molecule has 108 valence electrons. The van der Waals surface area contributed by atoms with Crippen molar-refractivity contribution in [1.29, 1.82) is 5.26 Å². The van der Waals surface area contributed by atoms with Crippen LogP contribution in [0.5, 0.6) is 0 Å². The summed E-state index contributed by atoms with van der Waals surface area (Å²) in [5.41, 5.74) is 2.02. The fourth-order valence-corrected chi connectivity index (χ4v) is 1.90. The summed E-state index contributed by atoms with van der Waals surface area (Å²) in [6.45, 7) is 1.62. The largest absolute Gasteiger partial charge is 0.289 e. The maximum absolute atomic E-state index is 12.1. The number of nitro groups is 1. The standard InChI is InChI=1S/C17H12N2O3/c1-12-2-8-15(10-16(12)19(21)22)17(20)9-7-13-3-5-14(11-18)6-4-13/h2-10H,1H3/b9-7+. The first-order valence-corrected chi connectivity index (χ1v) is 6.49. The van der Waals surface area contributed by atoms with Crippen LogP contribution in [0.3, 0.4) is 0 Å². The number of hydrogen-bond donors (Lipinski definition) is 0. The first kappa shape index (κ1) is 15.1. The normalized spacial score (nSPS) is 10.4.